The molecule has 0 amide bonds. The Morgan fingerprint density at radius 2 is 2.20 bits per heavy atom. The van der Waals surface area contributed by atoms with E-state index in [0.717, 1.165) is 29.3 Å². The smallest absolute Gasteiger partial charge is 0.127 e. The molecule has 1 rings (SSSR count). The van der Waals surface area contributed by atoms with Crippen molar-refractivity contribution in [2.24, 2.45) is 0 Å². The molecule has 1 aromatic carbocycles. The first-order chi connectivity index (χ1) is 7.17. The SMILES string of the molecule is CCC(CCc1ccc(Br)cc1F)NC. The molecule has 0 aliphatic heterocycles. The van der Waals surface area contributed by atoms with Gasteiger partial charge in [0, 0.05) is 10.5 Å². The fourth-order valence-electron chi connectivity index (χ4n) is 1.61. The number of hydrogen-bond acceptors (Lipinski definition) is 1. The molecule has 0 saturated carbocycles. The minimum atomic E-state index is -0.115. The lowest BCUT2D eigenvalue weighted by Gasteiger charge is -2.13. The average Bonchev–Trinajstić information content (AvgIpc) is 2.22. The van der Waals surface area contributed by atoms with Gasteiger partial charge < -0.3 is 5.32 Å². The molecule has 0 fully saturated rings. The van der Waals surface area contributed by atoms with Crippen molar-refractivity contribution in [3.63, 3.8) is 0 Å². The zero-order valence-electron chi connectivity index (χ0n) is 9.19. The van der Waals surface area contributed by atoms with E-state index in [1.54, 1.807) is 0 Å². The summed E-state index contributed by atoms with van der Waals surface area (Å²) in [5.41, 5.74) is 0.798. The molecular formula is C12H17BrFN. The van der Waals surface area contributed by atoms with Gasteiger partial charge in [-0.2, -0.15) is 0 Å². The lowest BCUT2D eigenvalue weighted by atomic mass is 10.0. The molecule has 0 aliphatic carbocycles. The van der Waals surface area contributed by atoms with Gasteiger partial charge in [-0.1, -0.05) is 28.9 Å². The quantitative estimate of drug-likeness (QED) is 0.866. The van der Waals surface area contributed by atoms with E-state index in [0.29, 0.717) is 6.04 Å². The Morgan fingerprint density at radius 1 is 1.47 bits per heavy atom. The summed E-state index contributed by atoms with van der Waals surface area (Å²) < 4.78 is 14.3. The highest BCUT2D eigenvalue weighted by Gasteiger charge is 2.06. The number of aryl methyl sites for hydroxylation is 1. The van der Waals surface area contributed by atoms with Crippen LogP contribution in [-0.2, 0) is 6.42 Å². The maximum absolute atomic E-state index is 13.5. The molecule has 0 aliphatic rings. The highest BCUT2D eigenvalue weighted by Crippen LogP contribution is 2.17. The van der Waals surface area contributed by atoms with Crippen molar-refractivity contribution in [1.82, 2.24) is 5.32 Å². The van der Waals surface area contributed by atoms with Crippen LogP contribution in [0, 0.1) is 5.82 Å². The van der Waals surface area contributed by atoms with Crippen LogP contribution in [0.15, 0.2) is 22.7 Å². The Labute approximate surface area is 99.2 Å². The van der Waals surface area contributed by atoms with E-state index in [9.17, 15) is 4.39 Å². The van der Waals surface area contributed by atoms with Crippen LogP contribution in [0.3, 0.4) is 0 Å². The molecule has 1 aromatic rings. The molecule has 1 unspecified atom stereocenters. The topological polar surface area (TPSA) is 12.0 Å². The van der Waals surface area contributed by atoms with Crippen molar-refractivity contribution >= 4 is 15.9 Å². The van der Waals surface area contributed by atoms with E-state index in [2.05, 4.69) is 28.2 Å². The normalized spacial score (nSPS) is 12.8. The lowest BCUT2D eigenvalue weighted by molar-refractivity contribution is 0.500. The first kappa shape index (κ1) is 12.7. The summed E-state index contributed by atoms with van der Waals surface area (Å²) in [5, 5.41) is 3.22. The van der Waals surface area contributed by atoms with Crippen LogP contribution in [0.2, 0.25) is 0 Å². The van der Waals surface area contributed by atoms with Crippen LogP contribution in [-0.4, -0.2) is 13.1 Å². The van der Waals surface area contributed by atoms with Gasteiger partial charge in [-0.25, -0.2) is 4.39 Å². The Balaban J connectivity index is 2.57. The molecule has 0 aromatic heterocycles. The summed E-state index contributed by atoms with van der Waals surface area (Å²) in [5.74, 6) is -0.115. The average molecular weight is 274 g/mol. The molecule has 0 spiro atoms. The van der Waals surface area contributed by atoms with Crippen LogP contribution < -0.4 is 5.32 Å². The highest BCUT2D eigenvalue weighted by molar-refractivity contribution is 9.10. The van der Waals surface area contributed by atoms with Crippen molar-refractivity contribution in [1.29, 1.82) is 0 Å². The summed E-state index contributed by atoms with van der Waals surface area (Å²) >= 11 is 3.25. The maximum atomic E-state index is 13.5. The second-order valence-corrected chi connectivity index (χ2v) is 4.58. The molecule has 0 bridgehead atoms. The van der Waals surface area contributed by atoms with E-state index in [1.807, 2.05) is 19.2 Å². The summed E-state index contributed by atoms with van der Waals surface area (Å²) in [4.78, 5) is 0. The number of benzene rings is 1. The maximum Gasteiger partial charge on any atom is 0.127 e. The summed E-state index contributed by atoms with van der Waals surface area (Å²) in [7, 11) is 1.95. The third-order valence-corrected chi connectivity index (χ3v) is 3.17. The number of hydrogen-bond donors (Lipinski definition) is 1. The van der Waals surface area contributed by atoms with E-state index < -0.39 is 0 Å². The number of rotatable bonds is 5. The third kappa shape index (κ3) is 3.92. The predicted molar refractivity (Wildman–Crippen MR) is 65.6 cm³/mol. The van der Waals surface area contributed by atoms with E-state index >= 15 is 0 Å². The Bertz CT molecular complexity index is 310. The molecular weight excluding hydrogens is 257 g/mol. The monoisotopic (exact) mass is 273 g/mol. The van der Waals surface area contributed by atoms with Crippen molar-refractivity contribution < 1.29 is 4.39 Å². The van der Waals surface area contributed by atoms with Crippen LogP contribution in [0.5, 0.6) is 0 Å². The minimum Gasteiger partial charge on any atom is -0.317 e. The molecule has 3 heteroatoms. The zero-order chi connectivity index (χ0) is 11.3. The van der Waals surface area contributed by atoms with Gasteiger partial charge in [0.05, 0.1) is 0 Å². The molecule has 1 N–H and O–H groups in total. The van der Waals surface area contributed by atoms with Crippen molar-refractivity contribution in [2.45, 2.75) is 32.2 Å². The van der Waals surface area contributed by atoms with Gasteiger partial charge in [0.1, 0.15) is 5.82 Å². The number of halogens is 2. The molecule has 0 saturated heterocycles. The molecule has 15 heavy (non-hydrogen) atoms. The first-order valence-corrected chi connectivity index (χ1v) is 6.07. The van der Waals surface area contributed by atoms with Crippen molar-refractivity contribution in [2.75, 3.05) is 7.05 Å². The first-order valence-electron chi connectivity index (χ1n) is 5.28. The van der Waals surface area contributed by atoms with E-state index in [4.69, 9.17) is 0 Å². The van der Waals surface area contributed by atoms with Gasteiger partial charge in [-0.05, 0) is 44.0 Å². The zero-order valence-corrected chi connectivity index (χ0v) is 10.8. The molecule has 0 radical (unpaired) electrons. The van der Waals surface area contributed by atoms with Gasteiger partial charge in [-0.3, -0.25) is 0 Å². The fourth-order valence-corrected chi connectivity index (χ4v) is 1.94. The van der Waals surface area contributed by atoms with Gasteiger partial charge in [0.25, 0.3) is 0 Å². The Kier molecular flexibility index (Phi) is 5.26. The van der Waals surface area contributed by atoms with Crippen molar-refractivity contribution in [3.8, 4) is 0 Å². The lowest BCUT2D eigenvalue weighted by Crippen LogP contribution is -2.24. The highest BCUT2D eigenvalue weighted by atomic mass is 79.9. The third-order valence-electron chi connectivity index (χ3n) is 2.68. The molecule has 1 nitrogen and oxygen atoms in total. The number of nitrogens with one attached hydrogen (secondary N) is 1. The van der Waals surface area contributed by atoms with Crippen molar-refractivity contribution in [3.05, 3.63) is 34.1 Å². The van der Waals surface area contributed by atoms with Crippen LogP contribution in [0.4, 0.5) is 4.39 Å². The summed E-state index contributed by atoms with van der Waals surface area (Å²) in [6, 6.07) is 5.74. The van der Waals surface area contributed by atoms with E-state index in [-0.39, 0.29) is 5.82 Å². The van der Waals surface area contributed by atoms with Gasteiger partial charge in [0.2, 0.25) is 0 Å². The molecule has 1 atom stereocenters. The van der Waals surface area contributed by atoms with Gasteiger partial charge in [-0.15, -0.1) is 0 Å². The minimum absolute atomic E-state index is 0.115. The van der Waals surface area contributed by atoms with Crippen LogP contribution in [0.1, 0.15) is 25.3 Å². The second-order valence-electron chi connectivity index (χ2n) is 3.67. The Morgan fingerprint density at radius 3 is 2.73 bits per heavy atom. The van der Waals surface area contributed by atoms with Crippen LogP contribution in [0.25, 0.3) is 0 Å². The van der Waals surface area contributed by atoms with E-state index in [1.165, 1.54) is 6.07 Å². The van der Waals surface area contributed by atoms with Gasteiger partial charge in [0.15, 0.2) is 0 Å². The molecule has 0 heterocycles. The largest absolute Gasteiger partial charge is 0.317 e. The summed E-state index contributed by atoms with van der Waals surface area (Å²) in [6.45, 7) is 2.14. The Hall–Kier alpha value is -0.410. The van der Waals surface area contributed by atoms with Gasteiger partial charge >= 0.3 is 0 Å². The van der Waals surface area contributed by atoms with Crippen LogP contribution >= 0.6 is 15.9 Å². The second kappa shape index (κ2) is 6.23. The standard InChI is InChI=1S/C12H17BrFN/c1-3-11(15-2)7-5-9-4-6-10(13)8-12(9)14/h4,6,8,11,15H,3,5,7H2,1-2H3. The fraction of sp³-hybridized carbons (Fsp3) is 0.500. The molecule has 84 valence electrons. The predicted octanol–water partition coefficient (Wildman–Crippen LogP) is 3.52. The summed E-state index contributed by atoms with van der Waals surface area (Å²) in [6.07, 6.45) is 2.85.